The zero-order valence-electron chi connectivity index (χ0n) is 12.3. The first kappa shape index (κ1) is 16.9. The van der Waals surface area contributed by atoms with Gasteiger partial charge >= 0.3 is 0 Å². The quantitative estimate of drug-likeness (QED) is 0.632. The molecule has 1 unspecified atom stereocenters. The number of hydrogen-bond donors (Lipinski definition) is 0. The summed E-state index contributed by atoms with van der Waals surface area (Å²) >= 11 is 1.12. The number of benzene rings is 1. The summed E-state index contributed by atoms with van der Waals surface area (Å²) < 4.78 is 20.8. The topological polar surface area (TPSA) is 55.7 Å². The molecule has 1 aromatic carbocycles. The van der Waals surface area contributed by atoms with Gasteiger partial charge in [0, 0.05) is 23.6 Å². The van der Waals surface area contributed by atoms with E-state index >= 15 is 0 Å². The monoisotopic (exact) mass is 313 g/mol. The van der Waals surface area contributed by atoms with E-state index in [1.54, 1.807) is 25.3 Å². The van der Waals surface area contributed by atoms with Gasteiger partial charge in [-0.25, -0.2) is 4.21 Å². The van der Waals surface area contributed by atoms with Crippen LogP contribution >= 0.6 is 11.8 Å². The molecule has 1 rings (SSSR count). The van der Waals surface area contributed by atoms with Crippen LogP contribution in [0.2, 0.25) is 0 Å². The summed E-state index contributed by atoms with van der Waals surface area (Å²) in [4.78, 5) is 12.0. The number of rotatable bonds is 4. The van der Waals surface area contributed by atoms with Crippen LogP contribution in [-0.2, 0) is 15.8 Å². The van der Waals surface area contributed by atoms with Crippen LogP contribution in [0.4, 0.5) is 0 Å². The maximum absolute atomic E-state index is 11.9. The first-order valence-electron chi connectivity index (χ1n) is 6.06. The molecule has 0 fully saturated rings. The van der Waals surface area contributed by atoms with Crippen molar-refractivity contribution in [3.05, 3.63) is 23.8 Å². The smallest absolute Gasteiger partial charge is 0.190 e. The molecule has 6 heteroatoms. The molecule has 1 aromatic rings. The average Bonchev–Trinajstić information content (AvgIpc) is 2.35. The highest BCUT2D eigenvalue weighted by molar-refractivity contribution is 8.13. The summed E-state index contributed by atoms with van der Waals surface area (Å²) in [6.07, 6.45) is 1.54. The Hall–Kier alpha value is -1.14. The molecule has 0 bridgehead atoms. The van der Waals surface area contributed by atoms with Crippen molar-refractivity contribution in [3.8, 4) is 5.75 Å². The van der Waals surface area contributed by atoms with Gasteiger partial charge in [0.1, 0.15) is 16.7 Å². The van der Waals surface area contributed by atoms with E-state index in [-0.39, 0.29) is 5.12 Å². The van der Waals surface area contributed by atoms with E-state index in [1.165, 1.54) is 13.1 Å². The molecule has 0 heterocycles. The zero-order chi connectivity index (χ0) is 15.3. The molecule has 0 aliphatic heterocycles. The lowest BCUT2D eigenvalue weighted by Crippen LogP contribution is -2.19. The Morgan fingerprint density at radius 2 is 2.05 bits per heavy atom. The molecule has 0 aliphatic carbocycles. The number of methoxy groups -OCH3 is 1. The Balaban J connectivity index is 3.10. The Morgan fingerprint density at radius 1 is 1.40 bits per heavy atom. The van der Waals surface area contributed by atoms with E-state index in [2.05, 4.69) is 4.40 Å². The van der Waals surface area contributed by atoms with Crippen LogP contribution in [0.5, 0.6) is 5.75 Å². The van der Waals surface area contributed by atoms with Gasteiger partial charge in [-0.3, -0.25) is 4.79 Å². The fourth-order valence-electron chi connectivity index (χ4n) is 1.26. The van der Waals surface area contributed by atoms with Crippen LogP contribution in [0.1, 0.15) is 33.3 Å². The third kappa shape index (κ3) is 5.09. The molecular formula is C14H19NO3S2. The molecular weight excluding hydrogens is 294 g/mol. The normalized spacial score (nSPS) is 13.4. The van der Waals surface area contributed by atoms with Gasteiger partial charge in [-0.05, 0) is 39.0 Å². The maximum Gasteiger partial charge on any atom is 0.190 e. The van der Waals surface area contributed by atoms with Crippen LogP contribution in [0, 0.1) is 0 Å². The van der Waals surface area contributed by atoms with Crippen LogP contribution in [0.3, 0.4) is 0 Å². The largest absolute Gasteiger partial charge is 0.497 e. The highest BCUT2D eigenvalue weighted by Crippen LogP contribution is 2.26. The third-order valence-corrected chi connectivity index (χ3v) is 4.51. The number of thioether (sulfide) groups is 1. The Morgan fingerprint density at radius 3 is 2.55 bits per heavy atom. The molecule has 0 saturated heterocycles. The molecule has 4 nitrogen and oxygen atoms in total. The Kier molecular flexibility index (Phi) is 5.95. The number of ether oxygens (including phenoxy) is 1. The number of carbonyl (C=O) groups is 1. The van der Waals surface area contributed by atoms with Crippen molar-refractivity contribution in [1.82, 2.24) is 0 Å². The molecule has 0 aliphatic rings. The number of nitrogens with zero attached hydrogens (tertiary/aromatic N) is 1. The minimum absolute atomic E-state index is 0.0123. The van der Waals surface area contributed by atoms with Crippen molar-refractivity contribution < 1.29 is 13.7 Å². The van der Waals surface area contributed by atoms with E-state index in [0.29, 0.717) is 5.75 Å². The molecule has 20 heavy (non-hydrogen) atoms. The van der Waals surface area contributed by atoms with Gasteiger partial charge in [-0.2, -0.15) is 4.40 Å². The van der Waals surface area contributed by atoms with Crippen LogP contribution in [-0.4, -0.2) is 27.4 Å². The molecule has 1 atom stereocenters. The standard InChI is InChI=1S/C14H19NO3S2/c1-10(16)19-13-7-6-12(18-5)8-11(13)9-15-20(17)14(2,3)4/h6-9H,1-5H3/b15-9+. The minimum atomic E-state index is -1.33. The van der Waals surface area contributed by atoms with Gasteiger partial charge in [0.05, 0.1) is 11.9 Å². The second-order valence-electron chi connectivity index (χ2n) is 5.09. The van der Waals surface area contributed by atoms with Crippen molar-refractivity contribution in [3.63, 3.8) is 0 Å². The molecule has 0 radical (unpaired) electrons. The SMILES string of the molecule is COc1ccc(SC(C)=O)c(/C=N/S(=O)C(C)(C)C)c1. The maximum atomic E-state index is 11.9. The van der Waals surface area contributed by atoms with E-state index in [1.807, 2.05) is 20.8 Å². The third-order valence-electron chi connectivity index (χ3n) is 2.28. The molecule has 0 saturated carbocycles. The Bertz CT molecular complexity index is 548. The fraction of sp³-hybridized carbons (Fsp3) is 0.429. The fourth-order valence-corrected chi connectivity index (χ4v) is 2.47. The summed E-state index contributed by atoms with van der Waals surface area (Å²) in [5, 5.41) is -0.0123. The molecule has 0 spiro atoms. The van der Waals surface area contributed by atoms with Gasteiger partial charge in [0.25, 0.3) is 0 Å². The first-order valence-corrected chi connectivity index (χ1v) is 7.99. The van der Waals surface area contributed by atoms with E-state index in [4.69, 9.17) is 4.74 Å². The van der Waals surface area contributed by atoms with Crippen LogP contribution in [0.15, 0.2) is 27.5 Å². The van der Waals surface area contributed by atoms with Gasteiger partial charge in [0.2, 0.25) is 0 Å². The molecule has 0 aromatic heterocycles. The first-order chi connectivity index (χ1) is 9.24. The van der Waals surface area contributed by atoms with E-state index in [9.17, 15) is 9.00 Å². The summed E-state index contributed by atoms with van der Waals surface area (Å²) in [6.45, 7) is 7.08. The molecule has 0 N–H and O–H groups in total. The van der Waals surface area contributed by atoms with Crippen molar-refractivity contribution in [2.24, 2.45) is 4.40 Å². The second kappa shape index (κ2) is 7.04. The predicted octanol–water partition coefficient (Wildman–Crippen LogP) is 3.21. The lowest BCUT2D eigenvalue weighted by Gasteiger charge is -2.13. The number of carbonyl (C=O) groups excluding carboxylic acids is 1. The van der Waals surface area contributed by atoms with Crippen molar-refractivity contribution in [1.29, 1.82) is 0 Å². The highest BCUT2D eigenvalue weighted by Gasteiger charge is 2.18. The van der Waals surface area contributed by atoms with E-state index in [0.717, 1.165) is 22.2 Å². The van der Waals surface area contributed by atoms with Crippen LogP contribution < -0.4 is 4.74 Å². The summed E-state index contributed by atoms with van der Waals surface area (Å²) in [5.41, 5.74) is 0.724. The molecule has 110 valence electrons. The van der Waals surface area contributed by atoms with Crippen molar-refractivity contribution >= 4 is 34.1 Å². The number of hydrogen-bond acceptors (Lipinski definition) is 4. The van der Waals surface area contributed by atoms with Crippen molar-refractivity contribution in [2.75, 3.05) is 7.11 Å². The Labute approximate surface area is 126 Å². The van der Waals surface area contributed by atoms with Gasteiger partial charge < -0.3 is 4.74 Å². The lowest BCUT2D eigenvalue weighted by molar-refractivity contribution is -0.109. The second-order valence-corrected chi connectivity index (χ2v) is 8.25. The highest BCUT2D eigenvalue weighted by atomic mass is 32.2. The van der Waals surface area contributed by atoms with Gasteiger partial charge in [-0.1, -0.05) is 11.8 Å². The molecule has 0 amide bonds. The summed E-state index contributed by atoms with van der Waals surface area (Å²) in [7, 11) is 0.238. The van der Waals surface area contributed by atoms with Crippen LogP contribution in [0.25, 0.3) is 0 Å². The summed E-state index contributed by atoms with van der Waals surface area (Å²) in [6, 6.07) is 5.35. The van der Waals surface area contributed by atoms with Crippen molar-refractivity contribution in [2.45, 2.75) is 37.3 Å². The zero-order valence-corrected chi connectivity index (χ0v) is 13.9. The lowest BCUT2D eigenvalue weighted by atomic mass is 10.2. The average molecular weight is 313 g/mol. The minimum Gasteiger partial charge on any atom is -0.497 e. The summed E-state index contributed by atoms with van der Waals surface area (Å²) in [5.74, 6) is 0.667. The van der Waals surface area contributed by atoms with E-state index < -0.39 is 15.7 Å². The predicted molar refractivity (Wildman–Crippen MR) is 85.0 cm³/mol. The van der Waals surface area contributed by atoms with Gasteiger partial charge in [0.15, 0.2) is 5.12 Å². The van der Waals surface area contributed by atoms with Gasteiger partial charge in [-0.15, -0.1) is 0 Å².